The summed E-state index contributed by atoms with van der Waals surface area (Å²) in [6, 6.07) is 2.06. The van der Waals surface area contributed by atoms with E-state index >= 15 is 0 Å². The Kier molecular flexibility index (Phi) is 6.52. The van der Waals surface area contributed by atoms with Gasteiger partial charge in [0.25, 0.3) is 11.8 Å². The molecule has 0 bridgehead atoms. The van der Waals surface area contributed by atoms with Crippen LogP contribution in [0.15, 0.2) is 12.1 Å². The molecule has 1 aromatic carbocycles. The Labute approximate surface area is 178 Å². The van der Waals surface area contributed by atoms with Crippen LogP contribution in [0.4, 0.5) is 4.79 Å². The van der Waals surface area contributed by atoms with E-state index in [4.69, 9.17) is 18.9 Å². The van der Waals surface area contributed by atoms with Crippen molar-refractivity contribution in [1.29, 1.82) is 0 Å². The Hall–Kier alpha value is -3.50. The highest BCUT2D eigenvalue weighted by atomic mass is 16.5. The predicted octanol–water partition coefficient (Wildman–Crippen LogP) is 1.16. The highest BCUT2D eigenvalue weighted by Gasteiger charge is 2.52. The number of hydrazine groups is 1. The third-order valence-corrected chi connectivity index (χ3v) is 5.34. The number of nitrogens with one attached hydrogen (secondary N) is 2. The quantitative estimate of drug-likeness (QED) is 0.482. The number of esters is 1. The van der Waals surface area contributed by atoms with E-state index in [2.05, 4.69) is 10.7 Å². The van der Waals surface area contributed by atoms with Crippen LogP contribution in [0.25, 0.3) is 0 Å². The van der Waals surface area contributed by atoms with Gasteiger partial charge < -0.3 is 24.3 Å². The van der Waals surface area contributed by atoms with Crippen molar-refractivity contribution in [2.24, 2.45) is 0 Å². The molecule has 0 unspecified atom stereocenters. The molecule has 2 fully saturated rings. The fourth-order valence-electron chi connectivity index (χ4n) is 3.79. The zero-order valence-corrected chi connectivity index (χ0v) is 17.6. The summed E-state index contributed by atoms with van der Waals surface area (Å²) in [6.07, 6.45) is 3.69. The second-order valence-corrected chi connectivity index (χ2v) is 7.24. The molecule has 0 aromatic heterocycles. The van der Waals surface area contributed by atoms with E-state index in [0.29, 0.717) is 23.6 Å². The number of rotatable bonds is 7. The van der Waals surface area contributed by atoms with Gasteiger partial charge in [-0.25, -0.2) is 9.59 Å². The molecule has 4 amide bonds. The number of carbonyl (C=O) groups excluding carboxylic acids is 4. The first-order valence-corrected chi connectivity index (χ1v) is 9.78. The second-order valence-electron chi connectivity index (χ2n) is 7.24. The average Bonchev–Trinajstić information content (AvgIpc) is 3.00. The van der Waals surface area contributed by atoms with E-state index in [0.717, 1.165) is 19.3 Å². The number of ether oxygens (including phenoxy) is 4. The molecule has 1 aromatic rings. The highest BCUT2D eigenvalue weighted by Crippen LogP contribution is 2.38. The molecule has 1 aliphatic heterocycles. The van der Waals surface area contributed by atoms with Crippen LogP contribution in [-0.4, -0.2) is 62.3 Å². The summed E-state index contributed by atoms with van der Waals surface area (Å²) in [5.74, 6) is -1.35. The minimum atomic E-state index is -0.963. The van der Waals surface area contributed by atoms with Crippen LogP contribution in [0.2, 0.25) is 0 Å². The Morgan fingerprint density at radius 3 is 2.19 bits per heavy atom. The summed E-state index contributed by atoms with van der Waals surface area (Å²) in [6.45, 7) is -0.695. The van der Waals surface area contributed by atoms with Crippen LogP contribution in [0.1, 0.15) is 42.5 Å². The fraction of sp³-hybridized carbons (Fsp3) is 0.500. The van der Waals surface area contributed by atoms with Gasteiger partial charge in [-0.3, -0.25) is 15.0 Å². The molecule has 1 heterocycles. The van der Waals surface area contributed by atoms with Gasteiger partial charge in [-0.15, -0.1) is 0 Å². The minimum Gasteiger partial charge on any atom is -0.493 e. The molecule has 1 spiro atoms. The number of amides is 4. The fourth-order valence-corrected chi connectivity index (χ4v) is 3.79. The number of urea groups is 1. The largest absolute Gasteiger partial charge is 0.493 e. The van der Waals surface area contributed by atoms with Crippen molar-refractivity contribution in [2.75, 3.05) is 27.9 Å². The van der Waals surface area contributed by atoms with E-state index in [1.165, 1.54) is 33.5 Å². The maximum atomic E-state index is 12.7. The first-order valence-electron chi connectivity index (χ1n) is 9.78. The molecule has 31 heavy (non-hydrogen) atoms. The van der Waals surface area contributed by atoms with Crippen molar-refractivity contribution in [3.8, 4) is 17.2 Å². The third-order valence-electron chi connectivity index (χ3n) is 5.34. The van der Waals surface area contributed by atoms with Crippen LogP contribution in [0.3, 0.4) is 0 Å². The van der Waals surface area contributed by atoms with Gasteiger partial charge in [0.15, 0.2) is 18.1 Å². The lowest BCUT2D eigenvalue weighted by molar-refractivity contribution is -0.140. The van der Waals surface area contributed by atoms with Crippen LogP contribution in [0.5, 0.6) is 17.2 Å². The van der Waals surface area contributed by atoms with Crippen LogP contribution < -0.4 is 25.0 Å². The van der Waals surface area contributed by atoms with E-state index in [9.17, 15) is 19.2 Å². The summed E-state index contributed by atoms with van der Waals surface area (Å²) >= 11 is 0. The number of carbonyl (C=O) groups is 4. The number of hydrogen-bond donors (Lipinski definition) is 2. The number of methoxy groups -OCH3 is 3. The van der Waals surface area contributed by atoms with E-state index in [1.807, 2.05) is 0 Å². The normalized spacial score (nSPS) is 17.2. The van der Waals surface area contributed by atoms with Crippen molar-refractivity contribution >= 4 is 23.8 Å². The molecule has 0 atom stereocenters. The Balaban J connectivity index is 1.61. The number of imide groups is 1. The Morgan fingerprint density at radius 1 is 1.03 bits per heavy atom. The van der Waals surface area contributed by atoms with Gasteiger partial charge in [0.2, 0.25) is 5.75 Å². The molecule has 3 rings (SSSR count). The molecule has 11 nitrogen and oxygen atoms in total. The molecule has 2 aliphatic rings. The molecular weight excluding hydrogens is 410 g/mol. The van der Waals surface area contributed by atoms with Gasteiger partial charge in [-0.05, 0) is 25.0 Å². The molecule has 1 saturated carbocycles. The lowest BCUT2D eigenvalue weighted by atomic mass is 9.82. The van der Waals surface area contributed by atoms with Crippen molar-refractivity contribution in [2.45, 2.75) is 37.6 Å². The van der Waals surface area contributed by atoms with Gasteiger partial charge in [0.1, 0.15) is 5.54 Å². The predicted molar refractivity (Wildman–Crippen MR) is 106 cm³/mol. The van der Waals surface area contributed by atoms with Crippen molar-refractivity contribution < 1.29 is 38.1 Å². The van der Waals surface area contributed by atoms with Gasteiger partial charge in [0.05, 0.1) is 26.9 Å². The van der Waals surface area contributed by atoms with E-state index < -0.39 is 36.0 Å². The lowest BCUT2D eigenvalue weighted by Gasteiger charge is -2.30. The smallest absolute Gasteiger partial charge is 0.344 e. The van der Waals surface area contributed by atoms with E-state index in [-0.39, 0.29) is 17.1 Å². The van der Waals surface area contributed by atoms with Gasteiger partial charge in [-0.2, -0.15) is 5.01 Å². The number of hydrogen-bond acceptors (Lipinski definition) is 8. The Morgan fingerprint density at radius 2 is 1.65 bits per heavy atom. The Bertz CT molecular complexity index is 869. The standard InChI is InChI=1S/C20H25N3O8/c1-28-13-9-12(10-14(29-2)16(13)30-3)17(25)31-11-15(24)22-23-18(26)20(21-19(23)27)7-5-4-6-8-20/h9-10H,4-8,11H2,1-3H3,(H,21,27)(H,22,24). The molecular formula is C20H25N3O8. The van der Waals surface area contributed by atoms with Crippen LogP contribution in [0, 0.1) is 0 Å². The summed E-state index contributed by atoms with van der Waals surface area (Å²) < 4.78 is 20.6. The molecule has 168 valence electrons. The molecule has 1 aliphatic carbocycles. The summed E-state index contributed by atoms with van der Waals surface area (Å²) in [5, 5.41) is 3.33. The first kappa shape index (κ1) is 22.2. The van der Waals surface area contributed by atoms with Crippen molar-refractivity contribution in [3.05, 3.63) is 17.7 Å². The highest BCUT2D eigenvalue weighted by molar-refractivity contribution is 6.08. The zero-order chi connectivity index (χ0) is 22.6. The molecule has 11 heteroatoms. The summed E-state index contributed by atoms with van der Waals surface area (Å²) in [5.41, 5.74) is 1.31. The lowest BCUT2D eigenvalue weighted by Crippen LogP contribution is -2.51. The van der Waals surface area contributed by atoms with Crippen molar-refractivity contribution in [3.63, 3.8) is 0 Å². The number of benzene rings is 1. The van der Waals surface area contributed by atoms with Gasteiger partial charge in [-0.1, -0.05) is 19.3 Å². The van der Waals surface area contributed by atoms with E-state index in [1.54, 1.807) is 0 Å². The van der Waals surface area contributed by atoms with Gasteiger partial charge >= 0.3 is 12.0 Å². The SMILES string of the molecule is COc1cc(C(=O)OCC(=O)NN2C(=O)NC3(CCCCC3)C2=O)cc(OC)c1OC. The maximum Gasteiger partial charge on any atom is 0.344 e. The van der Waals surface area contributed by atoms with Crippen molar-refractivity contribution in [1.82, 2.24) is 15.8 Å². The second kappa shape index (κ2) is 9.11. The van der Waals surface area contributed by atoms with Gasteiger partial charge in [0, 0.05) is 0 Å². The van der Waals surface area contributed by atoms with Crippen LogP contribution in [-0.2, 0) is 14.3 Å². The topological polar surface area (TPSA) is 132 Å². The minimum absolute atomic E-state index is 0.0680. The zero-order valence-electron chi connectivity index (χ0n) is 17.6. The average molecular weight is 435 g/mol. The first-order chi connectivity index (χ1) is 14.8. The molecule has 1 saturated heterocycles. The third kappa shape index (κ3) is 4.35. The number of nitrogens with zero attached hydrogens (tertiary/aromatic N) is 1. The monoisotopic (exact) mass is 435 g/mol. The van der Waals surface area contributed by atoms with Crippen LogP contribution >= 0.6 is 0 Å². The summed E-state index contributed by atoms with van der Waals surface area (Å²) in [4.78, 5) is 49.4. The molecule has 0 radical (unpaired) electrons. The maximum absolute atomic E-state index is 12.7. The summed E-state index contributed by atoms with van der Waals surface area (Å²) in [7, 11) is 4.23. The molecule has 2 N–H and O–H groups in total.